The second kappa shape index (κ2) is 8.44. The van der Waals surface area contributed by atoms with E-state index in [1.165, 1.54) is 0 Å². The SMILES string of the molecule is O=C(O)COc1ccc(NC(=O)C2(c3ccc(Cl)cc3)CCCCC2)cc1. The number of nitrogens with one attached hydrogen (secondary N) is 1. The van der Waals surface area contributed by atoms with Gasteiger partial charge in [-0.3, -0.25) is 4.79 Å². The normalized spacial score (nSPS) is 15.7. The molecule has 0 atom stereocenters. The van der Waals surface area contributed by atoms with Crippen molar-refractivity contribution in [2.24, 2.45) is 0 Å². The molecule has 0 unspecified atom stereocenters. The van der Waals surface area contributed by atoms with Crippen LogP contribution in [-0.4, -0.2) is 23.6 Å². The number of carbonyl (C=O) groups is 2. The van der Waals surface area contributed by atoms with E-state index >= 15 is 0 Å². The Balaban J connectivity index is 1.77. The third-order valence-electron chi connectivity index (χ3n) is 5.01. The van der Waals surface area contributed by atoms with Gasteiger partial charge in [-0.1, -0.05) is 43.0 Å². The summed E-state index contributed by atoms with van der Waals surface area (Å²) in [7, 11) is 0. The van der Waals surface area contributed by atoms with Crippen molar-refractivity contribution in [1.29, 1.82) is 0 Å². The molecule has 1 fully saturated rings. The maximum absolute atomic E-state index is 13.2. The molecule has 0 aliphatic heterocycles. The number of hydrogen-bond donors (Lipinski definition) is 2. The zero-order valence-corrected chi connectivity index (χ0v) is 15.7. The summed E-state index contributed by atoms with van der Waals surface area (Å²) in [5.74, 6) is -0.612. The molecular formula is C21H22ClNO4. The fourth-order valence-electron chi connectivity index (χ4n) is 3.60. The lowest BCUT2D eigenvalue weighted by atomic mass is 9.68. The van der Waals surface area contributed by atoms with Crippen molar-refractivity contribution >= 4 is 29.2 Å². The summed E-state index contributed by atoms with van der Waals surface area (Å²) < 4.78 is 5.12. The van der Waals surface area contributed by atoms with Crippen LogP contribution in [0, 0.1) is 0 Å². The molecular weight excluding hydrogens is 366 g/mol. The highest BCUT2D eigenvalue weighted by atomic mass is 35.5. The van der Waals surface area contributed by atoms with E-state index in [0.717, 1.165) is 37.7 Å². The van der Waals surface area contributed by atoms with Gasteiger partial charge >= 0.3 is 5.97 Å². The Morgan fingerprint density at radius 2 is 1.63 bits per heavy atom. The van der Waals surface area contributed by atoms with E-state index in [1.807, 2.05) is 24.3 Å². The molecule has 0 radical (unpaired) electrons. The first kappa shape index (κ1) is 19.2. The predicted octanol–water partition coefficient (Wildman–Crippen LogP) is 4.64. The monoisotopic (exact) mass is 387 g/mol. The van der Waals surface area contributed by atoms with Gasteiger partial charge in [0.05, 0.1) is 5.41 Å². The number of hydrogen-bond acceptors (Lipinski definition) is 3. The van der Waals surface area contributed by atoms with Gasteiger partial charge in [0.15, 0.2) is 6.61 Å². The molecule has 27 heavy (non-hydrogen) atoms. The summed E-state index contributed by atoms with van der Waals surface area (Å²) in [5, 5.41) is 12.3. The number of benzene rings is 2. The van der Waals surface area contributed by atoms with Crippen LogP contribution in [0.2, 0.25) is 5.02 Å². The van der Waals surface area contributed by atoms with Crippen LogP contribution in [0.15, 0.2) is 48.5 Å². The molecule has 5 nitrogen and oxygen atoms in total. The van der Waals surface area contributed by atoms with E-state index in [1.54, 1.807) is 24.3 Å². The van der Waals surface area contributed by atoms with Gasteiger partial charge in [0.1, 0.15) is 5.75 Å². The lowest BCUT2D eigenvalue weighted by Crippen LogP contribution is -2.42. The third-order valence-corrected chi connectivity index (χ3v) is 5.27. The van der Waals surface area contributed by atoms with Crippen molar-refractivity contribution < 1.29 is 19.4 Å². The van der Waals surface area contributed by atoms with Crippen molar-refractivity contribution in [2.45, 2.75) is 37.5 Å². The molecule has 1 saturated carbocycles. The minimum absolute atomic E-state index is 0.0243. The Kier molecular flexibility index (Phi) is 6.01. The number of ether oxygens (including phenoxy) is 1. The number of rotatable bonds is 6. The highest BCUT2D eigenvalue weighted by molar-refractivity contribution is 6.30. The van der Waals surface area contributed by atoms with Crippen LogP contribution in [0.5, 0.6) is 5.75 Å². The molecule has 142 valence electrons. The maximum Gasteiger partial charge on any atom is 0.341 e. The molecule has 0 spiro atoms. The Morgan fingerprint density at radius 1 is 1.00 bits per heavy atom. The van der Waals surface area contributed by atoms with Crippen molar-refractivity contribution in [3.63, 3.8) is 0 Å². The van der Waals surface area contributed by atoms with E-state index in [0.29, 0.717) is 16.5 Å². The molecule has 1 amide bonds. The van der Waals surface area contributed by atoms with Crippen LogP contribution in [-0.2, 0) is 15.0 Å². The summed E-state index contributed by atoms with van der Waals surface area (Å²) in [6.45, 7) is -0.397. The summed E-state index contributed by atoms with van der Waals surface area (Å²) in [6.07, 6.45) is 4.77. The number of carbonyl (C=O) groups excluding carboxylic acids is 1. The van der Waals surface area contributed by atoms with E-state index < -0.39 is 18.0 Å². The highest BCUT2D eigenvalue weighted by Gasteiger charge is 2.41. The fraction of sp³-hybridized carbons (Fsp3) is 0.333. The molecule has 6 heteroatoms. The minimum Gasteiger partial charge on any atom is -0.482 e. The number of halogens is 1. The second-order valence-electron chi connectivity index (χ2n) is 6.81. The van der Waals surface area contributed by atoms with Gasteiger partial charge in [0, 0.05) is 10.7 Å². The first-order valence-corrected chi connectivity index (χ1v) is 9.39. The Hall–Kier alpha value is -2.53. The zero-order valence-electron chi connectivity index (χ0n) is 14.9. The number of carboxylic acids is 1. The molecule has 2 aromatic rings. The molecule has 0 aromatic heterocycles. The van der Waals surface area contributed by atoms with Crippen molar-refractivity contribution in [1.82, 2.24) is 0 Å². The van der Waals surface area contributed by atoms with Gasteiger partial charge < -0.3 is 15.2 Å². The Labute approximate surface area is 163 Å². The molecule has 3 rings (SSSR count). The van der Waals surface area contributed by atoms with Crippen molar-refractivity contribution in [2.75, 3.05) is 11.9 Å². The van der Waals surface area contributed by atoms with Gasteiger partial charge in [-0.15, -0.1) is 0 Å². The van der Waals surface area contributed by atoms with Crippen LogP contribution >= 0.6 is 11.6 Å². The standard InChI is InChI=1S/C21H22ClNO4/c22-16-6-4-15(5-7-16)21(12-2-1-3-13-21)20(26)23-17-8-10-18(11-9-17)27-14-19(24)25/h4-11H,1-3,12-14H2,(H,23,26)(H,24,25). The van der Waals surface area contributed by atoms with Gasteiger partial charge in [-0.2, -0.15) is 0 Å². The van der Waals surface area contributed by atoms with Gasteiger partial charge in [0.2, 0.25) is 5.91 Å². The third kappa shape index (κ3) is 4.61. The quantitative estimate of drug-likeness (QED) is 0.756. The van der Waals surface area contributed by atoms with Crippen LogP contribution < -0.4 is 10.1 Å². The van der Waals surface area contributed by atoms with Gasteiger partial charge in [0.25, 0.3) is 0 Å². The van der Waals surface area contributed by atoms with Gasteiger partial charge in [-0.25, -0.2) is 4.79 Å². The Morgan fingerprint density at radius 3 is 2.22 bits per heavy atom. The van der Waals surface area contributed by atoms with Crippen LogP contribution in [0.3, 0.4) is 0 Å². The molecule has 1 aliphatic carbocycles. The summed E-state index contributed by atoms with van der Waals surface area (Å²) >= 11 is 6.02. The summed E-state index contributed by atoms with van der Waals surface area (Å²) in [6, 6.07) is 14.3. The average molecular weight is 388 g/mol. The molecule has 1 aliphatic rings. The maximum atomic E-state index is 13.2. The first-order chi connectivity index (χ1) is 13.0. The van der Waals surface area contributed by atoms with E-state index in [-0.39, 0.29) is 5.91 Å². The molecule has 2 N–H and O–H groups in total. The number of aliphatic carboxylic acids is 1. The van der Waals surface area contributed by atoms with Crippen LogP contribution in [0.25, 0.3) is 0 Å². The summed E-state index contributed by atoms with van der Waals surface area (Å²) in [5.41, 5.74) is 1.09. The Bertz CT molecular complexity index is 796. The molecule has 0 heterocycles. The van der Waals surface area contributed by atoms with E-state index in [2.05, 4.69) is 5.32 Å². The smallest absolute Gasteiger partial charge is 0.341 e. The van der Waals surface area contributed by atoms with Crippen LogP contribution in [0.1, 0.15) is 37.7 Å². The lowest BCUT2D eigenvalue weighted by molar-refractivity contribution is -0.139. The van der Waals surface area contributed by atoms with E-state index in [4.69, 9.17) is 21.4 Å². The number of carboxylic acid groups (broad SMARTS) is 1. The van der Waals surface area contributed by atoms with Crippen LogP contribution in [0.4, 0.5) is 5.69 Å². The number of amides is 1. The first-order valence-electron chi connectivity index (χ1n) is 9.02. The predicted molar refractivity (Wildman–Crippen MR) is 104 cm³/mol. The zero-order chi connectivity index (χ0) is 19.3. The summed E-state index contributed by atoms with van der Waals surface area (Å²) in [4.78, 5) is 23.8. The fourth-order valence-corrected chi connectivity index (χ4v) is 3.73. The largest absolute Gasteiger partial charge is 0.482 e. The van der Waals surface area contributed by atoms with Crippen molar-refractivity contribution in [3.05, 3.63) is 59.1 Å². The molecule has 2 aromatic carbocycles. The minimum atomic E-state index is -1.03. The second-order valence-corrected chi connectivity index (χ2v) is 7.25. The molecule has 0 bridgehead atoms. The topological polar surface area (TPSA) is 75.6 Å². The highest BCUT2D eigenvalue weighted by Crippen LogP contribution is 2.41. The average Bonchev–Trinajstić information content (AvgIpc) is 2.68. The molecule has 0 saturated heterocycles. The van der Waals surface area contributed by atoms with E-state index in [9.17, 15) is 9.59 Å². The van der Waals surface area contributed by atoms with Gasteiger partial charge in [-0.05, 0) is 54.8 Å². The number of anilines is 1. The lowest BCUT2D eigenvalue weighted by Gasteiger charge is -2.36. The van der Waals surface area contributed by atoms with Crippen molar-refractivity contribution in [3.8, 4) is 5.75 Å².